The Bertz CT molecular complexity index is 916. The van der Waals surface area contributed by atoms with Crippen molar-refractivity contribution in [2.24, 2.45) is 5.10 Å². The molecule has 3 aromatic rings. The average molecular weight is 388 g/mol. The van der Waals surface area contributed by atoms with Gasteiger partial charge in [-0.05, 0) is 18.2 Å². The Hall–Kier alpha value is -2.90. The minimum Gasteiger partial charge on any atom is -0.357 e. The minimum absolute atomic E-state index is 0.275. The first-order valence-electron chi connectivity index (χ1n) is 7.64. The molecule has 9 heteroatoms. The molecule has 0 amide bonds. The summed E-state index contributed by atoms with van der Waals surface area (Å²) in [6.07, 6.45) is 1.54. The van der Waals surface area contributed by atoms with Gasteiger partial charge in [-0.2, -0.15) is 20.1 Å². The van der Waals surface area contributed by atoms with Gasteiger partial charge < -0.3 is 10.6 Å². The molecule has 0 saturated heterocycles. The second kappa shape index (κ2) is 8.46. The van der Waals surface area contributed by atoms with Crippen molar-refractivity contribution in [1.29, 1.82) is 0 Å². The van der Waals surface area contributed by atoms with Crippen LogP contribution in [0, 0.1) is 0 Å². The Morgan fingerprint density at radius 3 is 2.38 bits per heavy atom. The maximum Gasteiger partial charge on any atom is 0.250 e. The Kier molecular flexibility index (Phi) is 5.83. The molecule has 0 aliphatic heterocycles. The van der Waals surface area contributed by atoms with Crippen LogP contribution in [0.15, 0.2) is 53.6 Å². The zero-order valence-electron chi connectivity index (χ0n) is 13.7. The lowest BCUT2D eigenvalue weighted by atomic mass is 10.2. The molecule has 7 nitrogen and oxygen atoms in total. The lowest BCUT2D eigenvalue weighted by molar-refractivity contribution is 1.04. The van der Waals surface area contributed by atoms with E-state index in [1.165, 1.54) is 0 Å². The van der Waals surface area contributed by atoms with E-state index in [0.29, 0.717) is 27.5 Å². The molecule has 3 rings (SSSR count). The molecular weight excluding hydrogens is 373 g/mol. The van der Waals surface area contributed by atoms with Crippen LogP contribution >= 0.6 is 23.2 Å². The smallest absolute Gasteiger partial charge is 0.250 e. The van der Waals surface area contributed by atoms with E-state index in [9.17, 15) is 0 Å². The van der Waals surface area contributed by atoms with E-state index < -0.39 is 0 Å². The molecule has 3 N–H and O–H groups in total. The number of aromatic nitrogens is 3. The standard InChI is InChI=1S/C17H15Cl2N7/c1-20-15-23-16(22-12-7-3-2-4-8-12)25-17(24-15)26-21-10-11-6-5-9-13(18)14(11)19/h2-10H,1H3,(H3,20,22,23,24,25,26)/b21-10-. The predicted octanol–water partition coefficient (Wildman–Crippen LogP) is 4.41. The molecule has 1 heterocycles. The number of para-hydroxylation sites is 1. The molecular formula is C17H15Cl2N7. The van der Waals surface area contributed by atoms with Crippen LogP contribution in [-0.4, -0.2) is 28.2 Å². The first-order chi connectivity index (χ1) is 12.7. The van der Waals surface area contributed by atoms with Crippen molar-refractivity contribution in [3.8, 4) is 0 Å². The van der Waals surface area contributed by atoms with Gasteiger partial charge in [-0.25, -0.2) is 5.43 Å². The predicted molar refractivity (Wildman–Crippen MR) is 107 cm³/mol. The number of nitrogens with one attached hydrogen (secondary N) is 3. The Labute approximate surface area is 160 Å². The van der Waals surface area contributed by atoms with E-state index in [2.05, 4.69) is 36.1 Å². The monoisotopic (exact) mass is 387 g/mol. The van der Waals surface area contributed by atoms with Crippen molar-refractivity contribution in [1.82, 2.24) is 15.0 Å². The molecule has 0 radical (unpaired) electrons. The molecule has 26 heavy (non-hydrogen) atoms. The highest BCUT2D eigenvalue weighted by Gasteiger charge is 2.06. The maximum atomic E-state index is 6.13. The summed E-state index contributed by atoms with van der Waals surface area (Å²) in [5, 5.41) is 11.0. The average Bonchev–Trinajstić information content (AvgIpc) is 2.66. The highest BCUT2D eigenvalue weighted by atomic mass is 35.5. The van der Waals surface area contributed by atoms with Gasteiger partial charge in [-0.3, -0.25) is 0 Å². The van der Waals surface area contributed by atoms with Crippen molar-refractivity contribution in [3.05, 3.63) is 64.1 Å². The molecule has 0 spiro atoms. The van der Waals surface area contributed by atoms with Crippen LogP contribution in [0.4, 0.5) is 23.5 Å². The number of hydrazone groups is 1. The summed E-state index contributed by atoms with van der Waals surface area (Å²) in [4.78, 5) is 12.8. The molecule has 0 bridgehead atoms. The molecule has 0 aliphatic rings. The van der Waals surface area contributed by atoms with Gasteiger partial charge in [0.25, 0.3) is 0 Å². The molecule has 132 valence electrons. The third kappa shape index (κ3) is 4.59. The van der Waals surface area contributed by atoms with E-state index in [1.54, 1.807) is 31.5 Å². The van der Waals surface area contributed by atoms with E-state index >= 15 is 0 Å². The van der Waals surface area contributed by atoms with Crippen molar-refractivity contribution in [3.63, 3.8) is 0 Å². The van der Waals surface area contributed by atoms with Crippen LogP contribution < -0.4 is 16.1 Å². The molecule has 0 fully saturated rings. The van der Waals surface area contributed by atoms with Gasteiger partial charge >= 0.3 is 0 Å². The third-order valence-corrected chi connectivity index (χ3v) is 4.07. The van der Waals surface area contributed by atoms with E-state index in [-0.39, 0.29) is 5.95 Å². The molecule has 1 aromatic heterocycles. The number of halogens is 2. The van der Waals surface area contributed by atoms with Crippen molar-refractivity contribution < 1.29 is 0 Å². The van der Waals surface area contributed by atoms with Crippen LogP contribution in [0.2, 0.25) is 10.0 Å². The SMILES string of the molecule is CNc1nc(N/N=C\c2cccc(Cl)c2Cl)nc(Nc2ccccc2)n1. The summed E-state index contributed by atoms with van der Waals surface area (Å²) in [5.41, 5.74) is 4.31. The summed E-state index contributed by atoms with van der Waals surface area (Å²) >= 11 is 12.1. The first-order valence-corrected chi connectivity index (χ1v) is 8.40. The second-order valence-electron chi connectivity index (χ2n) is 5.06. The van der Waals surface area contributed by atoms with Crippen molar-refractivity contribution in [2.75, 3.05) is 23.1 Å². The van der Waals surface area contributed by atoms with Crippen LogP contribution in [0.5, 0.6) is 0 Å². The summed E-state index contributed by atoms with van der Waals surface area (Å²) in [5.74, 6) is 1.06. The van der Waals surface area contributed by atoms with Crippen LogP contribution in [-0.2, 0) is 0 Å². The van der Waals surface area contributed by atoms with E-state index in [0.717, 1.165) is 5.69 Å². The minimum atomic E-state index is 0.275. The quantitative estimate of drug-likeness (QED) is 0.428. The van der Waals surface area contributed by atoms with Gasteiger partial charge in [-0.15, -0.1) is 0 Å². The topological polar surface area (TPSA) is 87.1 Å². The normalized spacial score (nSPS) is 10.7. The van der Waals surface area contributed by atoms with Crippen LogP contribution in [0.1, 0.15) is 5.56 Å². The summed E-state index contributed by atoms with van der Waals surface area (Å²) in [7, 11) is 1.72. The zero-order chi connectivity index (χ0) is 18.4. The molecule has 0 aliphatic carbocycles. The van der Waals surface area contributed by atoms with Crippen LogP contribution in [0.25, 0.3) is 0 Å². The van der Waals surface area contributed by atoms with Crippen LogP contribution in [0.3, 0.4) is 0 Å². The summed E-state index contributed by atoms with van der Waals surface area (Å²) in [6, 6.07) is 14.9. The fraction of sp³-hybridized carbons (Fsp3) is 0.0588. The number of rotatable bonds is 6. The maximum absolute atomic E-state index is 6.13. The number of hydrogen-bond acceptors (Lipinski definition) is 7. The fourth-order valence-corrected chi connectivity index (χ4v) is 2.38. The van der Waals surface area contributed by atoms with Gasteiger partial charge in [0.05, 0.1) is 16.3 Å². The molecule has 0 unspecified atom stereocenters. The second-order valence-corrected chi connectivity index (χ2v) is 5.85. The van der Waals surface area contributed by atoms with Gasteiger partial charge in [0.1, 0.15) is 0 Å². The Balaban J connectivity index is 1.78. The fourth-order valence-electron chi connectivity index (χ4n) is 2.02. The third-order valence-electron chi connectivity index (χ3n) is 3.24. The van der Waals surface area contributed by atoms with E-state index in [1.807, 2.05) is 30.3 Å². The highest BCUT2D eigenvalue weighted by Crippen LogP contribution is 2.24. The summed E-state index contributed by atoms with van der Waals surface area (Å²) < 4.78 is 0. The van der Waals surface area contributed by atoms with Gasteiger partial charge in [0, 0.05) is 18.3 Å². The molecule has 0 saturated carbocycles. The lowest BCUT2D eigenvalue weighted by Crippen LogP contribution is -2.07. The molecule has 2 aromatic carbocycles. The number of nitrogens with zero attached hydrogens (tertiary/aromatic N) is 4. The first kappa shape index (κ1) is 17.9. The number of anilines is 4. The Morgan fingerprint density at radius 2 is 1.62 bits per heavy atom. The summed E-state index contributed by atoms with van der Waals surface area (Å²) in [6.45, 7) is 0. The largest absolute Gasteiger partial charge is 0.357 e. The van der Waals surface area contributed by atoms with Gasteiger partial charge in [-0.1, -0.05) is 53.5 Å². The van der Waals surface area contributed by atoms with E-state index in [4.69, 9.17) is 23.2 Å². The Morgan fingerprint density at radius 1 is 0.885 bits per heavy atom. The lowest BCUT2D eigenvalue weighted by Gasteiger charge is -2.08. The van der Waals surface area contributed by atoms with Gasteiger partial charge in [0.15, 0.2) is 0 Å². The zero-order valence-corrected chi connectivity index (χ0v) is 15.3. The van der Waals surface area contributed by atoms with Gasteiger partial charge in [0.2, 0.25) is 17.8 Å². The molecule has 0 atom stereocenters. The number of benzene rings is 2. The number of hydrogen-bond donors (Lipinski definition) is 3. The van der Waals surface area contributed by atoms with Crippen molar-refractivity contribution in [2.45, 2.75) is 0 Å². The highest BCUT2D eigenvalue weighted by molar-refractivity contribution is 6.43. The van der Waals surface area contributed by atoms with Crippen molar-refractivity contribution >= 4 is 52.9 Å².